The monoisotopic (exact) mass is 498 g/mol. The fraction of sp³-hybridized carbons (Fsp3) is 0.862. The van der Waals surface area contributed by atoms with Crippen LogP contribution in [0.3, 0.4) is 0 Å². The predicted octanol–water partition coefficient (Wildman–Crippen LogP) is 5.76. The highest BCUT2D eigenvalue weighted by atomic mass is 16.1. The van der Waals surface area contributed by atoms with Crippen molar-refractivity contribution in [2.75, 3.05) is 20.1 Å². The minimum atomic E-state index is 0.0602. The number of rotatable bonds is 15. The Kier molecular flexibility index (Phi) is 23.8. The van der Waals surface area contributed by atoms with Crippen LogP contribution in [-0.4, -0.2) is 60.3 Å². The Hall–Kier alpha value is -1.40. The molecule has 0 unspecified atom stereocenters. The molecule has 0 aromatic carbocycles. The molecule has 0 radical (unpaired) electrons. The van der Waals surface area contributed by atoms with E-state index >= 15 is 0 Å². The van der Waals surface area contributed by atoms with Gasteiger partial charge in [-0.1, -0.05) is 69.2 Å². The molecule has 0 aliphatic rings. The number of hydrogen-bond acceptors (Lipinski definition) is 6. The fourth-order valence-corrected chi connectivity index (χ4v) is 2.43. The smallest absolute Gasteiger partial charge is 0.136 e. The Bertz CT molecular complexity index is 573. The van der Waals surface area contributed by atoms with E-state index in [0.29, 0.717) is 49.3 Å². The van der Waals surface area contributed by atoms with Gasteiger partial charge in [0.05, 0.1) is 0 Å². The minimum Gasteiger partial charge on any atom is -0.314 e. The molecule has 0 heterocycles. The zero-order chi connectivity index (χ0) is 28.3. The lowest BCUT2D eigenvalue weighted by atomic mass is 9.99. The SMILES string of the molecule is CC(C)C(=O)CCC(=O)C(C)C.CC(C)C(=O)CCN(C)C(C)C.CC(C)NCCC(=O)C(C)C. The van der Waals surface area contributed by atoms with Gasteiger partial charge in [-0.05, 0) is 20.9 Å². The lowest BCUT2D eigenvalue weighted by molar-refractivity contribution is -0.127. The van der Waals surface area contributed by atoms with E-state index in [9.17, 15) is 19.2 Å². The molecule has 35 heavy (non-hydrogen) atoms. The third kappa shape index (κ3) is 25.5. The minimum absolute atomic E-state index is 0.0602. The second kappa shape index (κ2) is 21.8. The van der Waals surface area contributed by atoms with Crippen molar-refractivity contribution in [3.63, 3.8) is 0 Å². The summed E-state index contributed by atoms with van der Waals surface area (Å²) in [5, 5.41) is 3.21. The lowest BCUT2D eigenvalue weighted by Crippen LogP contribution is -2.29. The molecule has 0 saturated carbocycles. The summed E-state index contributed by atoms with van der Waals surface area (Å²) in [6.07, 6.45) is 2.17. The van der Waals surface area contributed by atoms with Gasteiger partial charge in [0.2, 0.25) is 0 Å². The van der Waals surface area contributed by atoms with Gasteiger partial charge in [0.1, 0.15) is 23.1 Å². The predicted molar refractivity (Wildman–Crippen MR) is 149 cm³/mol. The standard InChI is InChI=1S/C10H21NO.C10H18O2.C9H19NO/c1-8(2)10(12)6-7-11(5)9(3)4;1-7(2)9(11)5-6-10(12)8(3)4;1-7(2)9(11)5-6-10-8(3)4/h8-9H,6-7H2,1-5H3;7-8H,5-6H2,1-4H3;7-8,10H,5-6H2,1-4H3. The molecule has 208 valence electrons. The number of carbonyl (C=O) groups excluding carboxylic acids is 4. The molecule has 0 aliphatic carbocycles. The van der Waals surface area contributed by atoms with Gasteiger partial charge in [-0.15, -0.1) is 0 Å². The number of nitrogens with zero attached hydrogens (tertiary/aromatic N) is 1. The first-order chi connectivity index (χ1) is 15.9. The molecular weight excluding hydrogens is 440 g/mol. The van der Waals surface area contributed by atoms with Crippen LogP contribution in [-0.2, 0) is 19.2 Å². The maximum Gasteiger partial charge on any atom is 0.136 e. The number of Topliss-reactive ketones (excluding diaryl/α,β-unsaturated/α-hetero) is 4. The Morgan fingerprint density at radius 2 is 0.857 bits per heavy atom. The van der Waals surface area contributed by atoms with Crippen LogP contribution in [0.4, 0.5) is 0 Å². The highest BCUT2D eigenvalue weighted by Gasteiger charge is 2.12. The van der Waals surface area contributed by atoms with Crippen molar-refractivity contribution in [2.24, 2.45) is 23.7 Å². The van der Waals surface area contributed by atoms with Crippen LogP contribution in [0, 0.1) is 23.7 Å². The summed E-state index contributed by atoms with van der Waals surface area (Å²) >= 11 is 0. The van der Waals surface area contributed by atoms with Gasteiger partial charge in [0, 0.05) is 74.5 Å². The van der Waals surface area contributed by atoms with Crippen molar-refractivity contribution in [1.82, 2.24) is 10.2 Å². The maximum atomic E-state index is 11.2. The molecule has 0 aromatic rings. The zero-order valence-corrected chi connectivity index (χ0v) is 25.3. The molecule has 1 N–H and O–H groups in total. The van der Waals surface area contributed by atoms with Crippen LogP contribution < -0.4 is 5.32 Å². The van der Waals surface area contributed by atoms with Gasteiger partial charge in [0.25, 0.3) is 0 Å². The molecular formula is C29H58N2O4. The Labute approximate surface area is 217 Å². The van der Waals surface area contributed by atoms with Gasteiger partial charge < -0.3 is 10.2 Å². The highest BCUT2D eigenvalue weighted by Crippen LogP contribution is 2.06. The van der Waals surface area contributed by atoms with Crippen LogP contribution in [0.5, 0.6) is 0 Å². The summed E-state index contributed by atoms with van der Waals surface area (Å²) < 4.78 is 0. The summed E-state index contributed by atoms with van der Waals surface area (Å²) in [6.45, 7) is 25.4. The molecule has 0 spiro atoms. The van der Waals surface area contributed by atoms with E-state index in [4.69, 9.17) is 0 Å². The van der Waals surface area contributed by atoms with E-state index in [1.54, 1.807) is 0 Å². The van der Waals surface area contributed by atoms with Gasteiger partial charge in [-0.2, -0.15) is 0 Å². The molecule has 0 rings (SSSR count). The third-order valence-corrected chi connectivity index (χ3v) is 5.71. The summed E-state index contributed by atoms with van der Waals surface area (Å²) in [5.41, 5.74) is 0. The average molecular weight is 499 g/mol. The van der Waals surface area contributed by atoms with Gasteiger partial charge in [-0.25, -0.2) is 0 Å². The molecule has 0 aliphatic heterocycles. The van der Waals surface area contributed by atoms with E-state index in [2.05, 4.69) is 45.0 Å². The number of carbonyl (C=O) groups is 4. The largest absolute Gasteiger partial charge is 0.314 e. The van der Waals surface area contributed by atoms with Crippen LogP contribution in [0.25, 0.3) is 0 Å². The average Bonchev–Trinajstić information content (AvgIpc) is 2.75. The Morgan fingerprint density at radius 3 is 1.14 bits per heavy atom. The van der Waals surface area contributed by atoms with Gasteiger partial charge in [0.15, 0.2) is 0 Å². The number of nitrogens with one attached hydrogen (secondary N) is 1. The van der Waals surface area contributed by atoms with Crippen LogP contribution in [0.2, 0.25) is 0 Å². The van der Waals surface area contributed by atoms with Crippen molar-refractivity contribution >= 4 is 23.1 Å². The second-order valence-electron chi connectivity index (χ2n) is 11.2. The summed E-state index contributed by atoms with van der Waals surface area (Å²) in [5.74, 6) is 1.57. The zero-order valence-electron chi connectivity index (χ0n) is 25.3. The summed E-state index contributed by atoms with van der Waals surface area (Å²) in [7, 11) is 2.05. The summed E-state index contributed by atoms with van der Waals surface area (Å²) in [4.78, 5) is 46.8. The molecule has 0 bridgehead atoms. The molecule has 6 heteroatoms. The van der Waals surface area contributed by atoms with Crippen molar-refractivity contribution in [1.29, 1.82) is 0 Å². The van der Waals surface area contributed by atoms with E-state index in [0.717, 1.165) is 13.1 Å². The normalized spacial score (nSPS) is 11.2. The first-order valence-corrected chi connectivity index (χ1v) is 13.5. The van der Waals surface area contributed by atoms with E-state index < -0.39 is 0 Å². The van der Waals surface area contributed by atoms with Gasteiger partial charge in [-0.3, -0.25) is 19.2 Å². The van der Waals surface area contributed by atoms with E-state index in [1.807, 2.05) is 55.4 Å². The fourth-order valence-electron chi connectivity index (χ4n) is 2.43. The topological polar surface area (TPSA) is 83.6 Å². The number of ketones is 4. The van der Waals surface area contributed by atoms with Crippen LogP contribution >= 0.6 is 0 Å². The van der Waals surface area contributed by atoms with Crippen molar-refractivity contribution in [3.05, 3.63) is 0 Å². The molecule has 0 atom stereocenters. The van der Waals surface area contributed by atoms with Crippen molar-refractivity contribution < 1.29 is 19.2 Å². The second-order valence-corrected chi connectivity index (χ2v) is 11.2. The molecule has 6 nitrogen and oxygen atoms in total. The first kappa shape index (κ1) is 38.1. The molecule has 0 saturated heterocycles. The number of hydrogen-bond donors (Lipinski definition) is 1. The van der Waals surface area contributed by atoms with Crippen LogP contribution in [0.1, 0.15) is 109 Å². The third-order valence-electron chi connectivity index (χ3n) is 5.71. The Morgan fingerprint density at radius 1 is 0.543 bits per heavy atom. The highest BCUT2D eigenvalue weighted by molar-refractivity contribution is 5.87. The first-order valence-electron chi connectivity index (χ1n) is 13.5. The molecule has 0 fully saturated rings. The van der Waals surface area contributed by atoms with E-state index in [-0.39, 0.29) is 35.2 Å². The molecule has 0 aromatic heterocycles. The van der Waals surface area contributed by atoms with Crippen molar-refractivity contribution in [2.45, 2.75) is 121 Å². The maximum absolute atomic E-state index is 11.2. The summed E-state index contributed by atoms with van der Waals surface area (Å²) in [6, 6.07) is 1.01. The van der Waals surface area contributed by atoms with Crippen LogP contribution in [0.15, 0.2) is 0 Å². The Balaban J connectivity index is -0.000000439. The van der Waals surface area contributed by atoms with Gasteiger partial charge >= 0.3 is 0 Å². The molecule has 0 amide bonds. The van der Waals surface area contributed by atoms with Crippen molar-refractivity contribution in [3.8, 4) is 0 Å². The lowest BCUT2D eigenvalue weighted by Gasteiger charge is -2.20. The van der Waals surface area contributed by atoms with E-state index in [1.165, 1.54) is 0 Å². The quantitative estimate of drug-likeness (QED) is 0.309.